The maximum Gasteiger partial charge on any atom is 0.344 e. The lowest BCUT2D eigenvalue weighted by molar-refractivity contribution is -0.113. The number of benzene rings is 2. The summed E-state index contributed by atoms with van der Waals surface area (Å²) in [7, 11) is 0. The Kier molecular flexibility index (Phi) is 6.12. The molecule has 1 aliphatic heterocycles. The van der Waals surface area contributed by atoms with Gasteiger partial charge in [-0.3, -0.25) is 9.36 Å². The van der Waals surface area contributed by atoms with Gasteiger partial charge in [-0.05, 0) is 36.1 Å². The van der Waals surface area contributed by atoms with Crippen LogP contribution in [-0.2, 0) is 16.1 Å². The monoisotopic (exact) mass is 410 g/mol. The summed E-state index contributed by atoms with van der Waals surface area (Å²) in [6.07, 6.45) is 1.97. The largest absolute Gasteiger partial charge is 0.376 e. The van der Waals surface area contributed by atoms with Crippen molar-refractivity contribution >= 4 is 23.4 Å². The number of carbonyl (C=O) groups is 1. The van der Waals surface area contributed by atoms with E-state index in [2.05, 4.69) is 15.5 Å². The van der Waals surface area contributed by atoms with Crippen molar-refractivity contribution < 1.29 is 9.53 Å². The van der Waals surface area contributed by atoms with Gasteiger partial charge in [0.1, 0.15) is 0 Å². The quantitative estimate of drug-likeness (QED) is 0.584. The molecule has 150 valence electrons. The molecule has 0 aliphatic carbocycles. The Morgan fingerprint density at radius 3 is 2.66 bits per heavy atom. The molecule has 7 nitrogen and oxygen atoms in total. The molecule has 1 atom stereocenters. The molecular formula is C21H22N4O3S. The first-order valence-corrected chi connectivity index (χ1v) is 10.5. The third-order valence-electron chi connectivity index (χ3n) is 4.74. The highest BCUT2D eigenvalue weighted by atomic mass is 32.2. The van der Waals surface area contributed by atoms with E-state index in [-0.39, 0.29) is 23.5 Å². The van der Waals surface area contributed by atoms with Crippen LogP contribution in [0.15, 0.2) is 64.5 Å². The van der Waals surface area contributed by atoms with Crippen LogP contribution < -0.4 is 11.0 Å². The Bertz CT molecular complexity index is 1010. The van der Waals surface area contributed by atoms with Crippen molar-refractivity contribution in [3.05, 3.63) is 65.1 Å². The Balaban J connectivity index is 1.33. The molecule has 0 bridgehead atoms. The fourth-order valence-corrected chi connectivity index (χ4v) is 4.03. The van der Waals surface area contributed by atoms with Crippen LogP contribution in [0.25, 0.3) is 11.1 Å². The van der Waals surface area contributed by atoms with Gasteiger partial charge in [-0.15, -0.1) is 5.10 Å². The number of ether oxygens (including phenoxy) is 1. The van der Waals surface area contributed by atoms with Crippen LogP contribution in [0.5, 0.6) is 0 Å². The summed E-state index contributed by atoms with van der Waals surface area (Å²) in [4.78, 5) is 24.3. The number of H-pyrrole nitrogens is 1. The maximum absolute atomic E-state index is 12.3. The second-order valence-corrected chi connectivity index (χ2v) is 7.78. The second kappa shape index (κ2) is 9.11. The predicted molar refractivity (Wildman–Crippen MR) is 113 cm³/mol. The number of aromatic amines is 1. The molecule has 2 aromatic carbocycles. The first-order valence-electron chi connectivity index (χ1n) is 9.54. The highest BCUT2D eigenvalue weighted by molar-refractivity contribution is 7.99. The van der Waals surface area contributed by atoms with Crippen LogP contribution in [0.1, 0.15) is 12.8 Å². The van der Waals surface area contributed by atoms with Gasteiger partial charge < -0.3 is 10.1 Å². The SMILES string of the molecule is O=C(CSc1n[nH]c(=O)n1CC1CCCO1)Nc1ccc(-c2ccccc2)cc1. The van der Waals surface area contributed by atoms with Crippen molar-refractivity contribution in [2.75, 3.05) is 17.7 Å². The lowest BCUT2D eigenvalue weighted by Gasteiger charge is -2.11. The number of nitrogens with one attached hydrogen (secondary N) is 2. The van der Waals surface area contributed by atoms with Crippen LogP contribution in [0.2, 0.25) is 0 Å². The van der Waals surface area contributed by atoms with E-state index in [1.165, 1.54) is 11.8 Å². The summed E-state index contributed by atoms with van der Waals surface area (Å²) in [5.41, 5.74) is 2.67. The van der Waals surface area contributed by atoms with Gasteiger partial charge in [0.25, 0.3) is 0 Å². The van der Waals surface area contributed by atoms with E-state index in [4.69, 9.17) is 4.74 Å². The van der Waals surface area contributed by atoms with E-state index in [1.807, 2.05) is 54.6 Å². The molecule has 29 heavy (non-hydrogen) atoms. The Morgan fingerprint density at radius 2 is 1.93 bits per heavy atom. The first kappa shape index (κ1) is 19.5. The summed E-state index contributed by atoms with van der Waals surface area (Å²) >= 11 is 1.23. The molecule has 2 N–H and O–H groups in total. The third-order valence-corrected chi connectivity index (χ3v) is 5.72. The summed E-state index contributed by atoms with van der Waals surface area (Å²) in [6, 6.07) is 17.8. The van der Waals surface area contributed by atoms with E-state index in [9.17, 15) is 9.59 Å². The smallest absolute Gasteiger partial charge is 0.344 e. The summed E-state index contributed by atoms with van der Waals surface area (Å²) in [6.45, 7) is 1.19. The van der Waals surface area contributed by atoms with Crippen LogP contribution in [0.3, 0.4) is 0 Å². The van der Waals surface area contributed by atoms with Gasteiger partial charge in [0.15, 0.2) is 5.16 Å². The molecule has 1 aromatic heterocycles. The lowest BCUT2D eigenvalue weighted by atomic mass is 10.1. The van der Waals surface area contributed by atoms with Gasteiger partial charge in [0, 0.05) is 12.3 Å². The Hall–Kier alpha value is -2.84. The highest BCUT2D eigenvalue weighted by Crippen LogP contribution is 2.22. The van der Waals surface area contributed by atoms with Gasteiger partial charge >= 0.3 is 5.69 Å². The molecule has 1 fully saturated rings. The van der Waals surface area contributed by atoms with Crippen molar-refractivity contribution in [2.24, 2.45) is 0 Å². The van der Waals surface area contributed by atoms with Gasteiger partial charge in [-0.2, -0.15) is 0 Å². The number of amides is 1. The minimum absolute atomic E-state index is 0.0293. The molecule has 0 radical (unpaired) electrons. The molecule has 2 heterocycles. The average molecular weight is 410 g/mol. The normalized spacial score (nSPS) is 16.1. The molecule has 1 amide bonds. The molecule has 0 saturated carbocycles. The van der Waals surface area contributed by atoms with Gasteiger partial charge in [0.05, 0.1) is 18.4 Å². The van der Waals surface area contributed by atoms with Gasteiger partial charge in [0.2, 0.25) is 5.91 Å². The van der Waals surface area contributed by atoms with Crippen LogP contribution in [0.4, 0.5) is 5.69 Å². The average Bonchev–Trinajstić information content (AvgIpc) is 3.39. The first-order chi connectivity index (χ1) is 14.2. The van der Waals surface area contributed by atoms with Gasteiger partial charge in [-0.25, -0.2) is 9.89 Å². The van der Waals surface area contributed by atoms with Gasteiger partial charge in [-0.1, -0.05) is 54.2 Å². The summed E-state index contributed by atoms with van der Waals surface area (Å²) in [5.74, 6) is 0.0116. The number of hydrogen-bond acceptors (Lipinski definition) is 5. The van der Waals surface area contributed by atoms with Crippen molar-refractivity contribution in [1.82, 2.24) is 14.8 Å². The molecule has 4 rings (SSSR count). The number of thioether (sulfide) groups is 1. The van der Waals surface area contributed by atoms with E-state index < -0.39 is 0 Å². The van der Waals surface area contributed by atoms with Crippen molar-refractivity contribution in [3.8, 4) is 11.1 Å². The Morgan fingerprint density at radius 1 is 1.17 bits per heavy atom. The molecular weight excluding hydrogens is 388 g/mol. The van der Waals surface area contributed by atoms with E-state index in [0.717, 1.165) is 36.3 Å². The number of aromatic nitrogens is 3. The van der Waals surface area contributed by atoms with Crippen molar-refractivity contribution in [1.29, 1.82) is 0 Å². The predicted octanol–water partition coefficient (Wildman–Crippen LogP) is 3.15. The fourth-order valence-electron chi connectivity index (χ4n) is 3.27. The molecule has 8 heteroatoms. The van der Waals surface area contributed by atoms with Crippen LogP contribution in [0, 0.1) is 0 Å². The van der Waals surface area contributed by atoms with E-state index in [1.54, 1.807) is 4.57 Å². The summed E-state index contributed by atoms with van der Waals surface area (Å²) in [5, 5.41) is 9.87. The summed E-state index contributed by atoms with van der Waals surface area (Å²) < 4.78 is 7.14. The highest BCUT2D eigenvalue weighted by Gasteiger charge is 2.20. The molecule has 3 aromatic rings. The van der Waals surface area contributed by atoms with E-state index >= 15 is 0 Å². The molecule has 1 saturated heterocycles. The zero-order valence-corrected chi connectivity index (χ0v) is 16.7. The number of carbonyl (C=O) groups excluding carboxylic acids is 1. The van der Waals surface area contributed by atoms with Crippen LogP contribution >= 0.6 is 11.8 Å². The molecule has 1 unspecified atom stereocenters. The number of rotatable bonds is 7. The second-order valence-electron chi connectivity index (χ2n) is 6.84. The minimum atomic E-state index is -0.278. The topological polar surface area (TPSA) is 89.0 Å². The van der Waals surface area contributed by atoms with Crippen molar-refractivity contribution in [3.63, 3.8) is 0 Å². The molecule has 0 spiro atoms. The van der Waals surface area contributed by atoms with Crippen molar-refractivity contribution in [2.45, 2.75) is 30.6 Å². The maximum atomic E-state index is 12.3. The standard InChI is InChI=1S/C21H22N4O3S/c26-19(22-17-10-8-16(9-11-17)15-5-2-1-3-6-15)14-29-21-24-23-20(27)25(21)13-18-7-4-12-28-18/h1-3,5-6,8-11,18H,4,7,12-14H2,(H,22,26)(H,23,27). The number of anilines is 1. The third kappa shape index (κ3) is 4.96. The number of hydrogen-bond donors (Lipinski definition) is 2. The number of nitrogens with zero attached hydrogens (tertiary/aromatic N) is 2. The lowest BCUT2D eigenvalue weighted by Crippen LogP contribution is -2.25. The zero-order chi connectivity index (χ0) is 20.1. The van der Waals surface area contributed by atoms with Crippen LogP contribution in [-0.4, -0.2) is 39.1 Å². The molecule has 1 aliphatic rings. The Labute approximate surface area is 172 Å². The zero-order valence-electron chi connectivity index (χ0n) is 15.8. The van der Waals surface area contributed by atoms with E-state index in [0.29, 0.717) is 11.7 Å². The fraction of sp³-hybridized carbons (Fsp3) is 0.286. The minimum Gasteiger partial charge on any atom is -0.376 e.